The number of non-ortho nitro benzene ring substituents is 1. The molecule has 0 amide bonds. The summed E-state index contributed by atoms with van der Waals surface area (Å²) in [7, 11) is 4.68. The third-order valence-corrected chi connectivity index (χ3v) is 5.17. The number of nitrogens with zero attached hydrogens (tertiary/aromatic N) is 1. The van der Waals surface area contributed by atoms with Gasteiger partial charge in [0.15, 0.2) is 11.5 Å². The summed E-state index contributed by atoms with van der Waals surface area (Å²) in [4.78, 5) is 10.7. The number of aliphatic hydroxyl groups excluding tert-OH is 1. The van der Waals surface area contributed by atoms with Gasteiger partial charge >= 0.3 is 0 Å². The molecule has 0 bridgehead atoms. The molecule has 0 aromatic heterocycles. The molecule has 0 saturated heterocycles. The van der Waals surface area contributed by atoms with Crippen molar-refractivity contribution in [3.8, 4) is 17.2 Å². The molecule has 0 fully saturated rings. The number of anilines is 1. The Hall–Kier alpha value is -3.78. The monoisotopic (exact) mass is 438 g/mol. The molecule has 3 aromatic carbocycles. The van der Waals surface area contributed by atoms with Crippen LogP contribution in [0.25, 0.3) is 0 Å². The fourth-order valence-electron chi connectivity index (χ4n) is 3.44. The molecule has 0 radical (unpaired) electrons. The average molecular weight is 438 g/mol. The number of methoxy groups -OCH3 is 3. The van der Waals surface area contributed by atoms with E-state index in [1.165, 1.54) is 19.2 Å². The highest BCUT2D eigenvalue weighted by molar-refractivity contribution is 5.52. The summed E-state index contributed by atoms with van der Waals surface area (Å²) in [5.74, 6) is 1.81. The van der Waals surface area contributed by atoms with Crippen molar-refractivity contribution in [1.82, 2.24) is 0 Å². The van der Waals surface area contributed by atoms with Crippen LogP contribution in [0.5, 0.6) is 17.2 Å². The Kier molecular flexibility index (Phi) is 7.51. The summed E-state index contributed by atoms with van der Waals surface area (Å²) < 4.78 is 15.8. The largest absolute Gasteiger partial charge is 0.497 e. The molecular formula is C24H26N2O6. The van der Waals surface area contributed by atoms with Crippen molar-refractivity contribution in [1.29, 1.82) is 0 Å². The third-order valence-electron chi connectivity index (χ3n) is 5.17. The van der Waals surface area contributed by atoms with Crippen molar-refractivity contribution < 1.29 is 24.2 Å². The molecule has 168 valence electrons. The predicted molar refractivity (Wildman–Crippen MR) is 122 cm³/mol. The number of ether oxygens (including phenoxy) is 3. The topological polar surface area (TPSA) is 103 Å². The number of nitro groups is 1. The van der Waals surface area contributed by atoms with Gasteiger partial charge in [0.1, 0.15) is 5.75 Å². The predicted octanol–water partition coefficient (Wildman–Crippen LogP) is 4.90. The number of benzene rings is 3. The fourth-order valence-corrected chi connectivity index (χ4v) is 3.44. The highest BCUT2D eigenvalue weighted by Crippen LogP contribution is 2.35. The molecular weight excluding hydrogens is 412 g/mol. The van der Waals surface area contributed by atoms with Crippen LogP contribution in [-0.4, -0.2) is 31.4 Å². The molecule has 0 aliphatic heterocycles. The Morgan fingerprint density at radius 2 is 1.59 bits per heavy atom. The van der Waals surface area contributed by atoms with Crippen molar-refractivity contribution in [2.45, 2.75) is 18.6 Å². The van der Waals surface area contributed by atoms with Gasteiger partial charge in [-0.3, -0.25) is 10.1 Å². The van der Waals surface area contributed by atoms with Crippen LogP contribution in [0.4, 0.5) is 11.4 Å². The summed E-state index contributed by atoms with van der Waals surface area (Å²) >= 11 is 0. The van der Waals surface area contributed by atoms with Crippen molar-refractivity contribution in [2.75, 3.05) is 26.6 Å². The zero-order valence-corrected chi connectivity index (χ0v) is 18.1. The van der Waals surface area contributed by atoms with E-state index in [1.54, 1.807) is 44.6 Å². The van der Waals surface area contributed by atoms with Crippen LogP contribution in [0, 0.1) is 10.1 Å². The Labute approximate surface area is 186 Å². The summed E-state index contributed by atoms with van der Waals surface area (Å²) in [6.45, 7) is 0. The SMILES string of the molecule is COc1ccc(C(CC(O)c2ccc(OC)c(OC)c2)Nc2cccc([N+](=O)[O-])c2)cc1. The molecule has 0 spiro atoms. The summed E-state index contributed by atoms with van der Waals surface area (Å²) in [5.41, 5.74) is 2.14. The minimum Gasteiger partial charge on any atom is -0.497 e. The second-order valence-corrected chi connectivity index (χ2v) is 7.14. The lowest BCUT2D eigenvalue weighted by Gasteiger charge is -2.24. The Balaban J connectivity index is 1.89. The second kappa shape index (κ2) is 10.5. The fraction of sp³-hybridized carbons (Fsp3) is 0.250. The molecule has 8 heteroatoms. The van der Waals surface area contributed by atoms with E-state index in [0.717, 1.165) is 5.56 Å². The van der Waals surface area contributed by atoms with E-state index in [-0.39, 0.29) is 11.7 Å². The number of hydrogen-bond acceptors (Lipinski definition) is 7. The van der Waals surface area contributed by atoms with Crippen molar-refractivity contribution in [3.05, 3.63) is 88.0 Å². The maximum atomic E-state index is 11.2. The lowest BCUT2D eigenvalue weighted by Crippen LogP contribution is -2.15. The van der Waals surface area contributed by atoms with E-state index in [9.17, 15) is 15.2 Å². The van der Waals surface area contributed by atoms with Crippen LogP contribution in [0.15, 0.2) is 66.7 Å². The van der Waals surface area contributed by atoms with Crippen LogP contribution < -0.4 is 19.5 Å². The molecule has 8 nitrogen and oxygen atoms in total. The van der Waals surface area contributed by atoms with Crippen LogP contribution in [0.2, 0.25) is 0 Å². The first-order chi connectivity index (χ1) is 15.4. The van der Waals surface area contributed by atoms with Gasteiger partial charge in [-0.25, -0.2) is 0 Å². The van der Waals surface area contributed by atoms with Gasteiger partial charge in [-0.15, -0.1) is 0 Å². The number of aliphatic hydroxyl groups is 1. The zero-order chi connectivity index (χ0) is 23.1. The first-order valence-corrected chi connectivity index (χ1v) is 10.00. The first kappa shape index (κ1) is 22.9. The summed E-state index contributed by atoms with van der Waals surface area (Å²) in [6.07, 6.45) is -0.516. The molecule has 2 unspecified atom stereocenters. The van der Waals surface area contributed by atoms with Crippen molar-refractivity contribution in [3.63, 3.8) is 0 Å². The molecule has 0 aliphatic rings. The van der Waals surface area contributed by atoms with Crippen LogP contribution in [0.3, 0.4) is 0 Å². The van der Waals surface area contributed by atoms with Gasteiger partial charge in [-0.05, 0) is 41.5 Å². The molecule has 0 saturated carbocycles. The van der Waals surface area contributed by atoms with Gasteiger partial charge in [0, 0.05) is 24.2 Å². The first-order valence-electron chi connectivity index (χ1n) is 10.00. The molecule has 0 aliphatic carbocycles. The number of hydrogen-bond donors (Lipinski definition) is 2. The lowest BCUT2D eigenvalue weighted by atomic mass is 9.96. The van der Waals surface area contributed by atoms with E-state index in [2.05, 4.69) is 5.32 Å². The van der Waals surface area contributed by atoms with Crippen molar-refractivity contribution >= 4 is 11.4 Å². The van der Waals surface area contributed by atoms with Crippen LogP contribution in [-0.2, 0) is 0 Å². The van der Waals surface area contributed by atoms with Gasteiger partial charge in [0.05, 0.1) is 38.4 Å². The third kappa shape index (κ3) is 5.47. The summed E-state index contributed by atoms with van der Waals surface area (Å²) in [5, 5.41) is 25.5. The number of nitro benzene ring substituents is 1. The Morgan fingerprint density at radius 3 is 2.22 bits per heavy atom. The van der Waals surface area contributed by atoms with E-state index in [1.807, 2.05) is 24.3 Å². The molecule has 3 rings (SSSR count). The molecule has 32 heavy (non-hydrogen) atoms. The Bertz CT molecular complexity index is 1050. The zero-order valence-electron chi connectivity index (χ0n) is 18.1. The van der Waals surface area contributed by atoms with E-state index < -0.39 is 11.0 Å². The standard InChI is InChI=1S/C24H26N2O6/c1-30-20-10-7-16(8-11-20)21(25-18-5-4-6-19(14-18)26(28)29)15-22(27)17-9-12-23(31-2)24(13-17)32-3/h4-14,21-22,25,27H,15H2,1-3H3. The molecule has 2 N–H and O–H groups in total. The second-order valence-electron chi connectivity index (χ2n) is 7.14. The smallest absolute Gasteiger partial charge is 0.271 e. The van der Waals surface area contributed by atoms with Gasteiger partial charge in [-0.2, -0.15) is 0 Å². The normalized spacial score (nSPS) is 12.5. The van der Waals surface area contributed by atoms with E-state index in [0.29, 0.717) is 34.9 Å². The molecule has 2 atom stereocenters. The molecule has 3 aromatic rings. The van der Waals surface area contributed by atoms with Gasteiger partial charge < -0.3 is 24.6 Å². The molecule has 0 heterocycles. The maximum absolute atomic E-state index is 11.2. The summed E-state index contributed by atoms with van der Waals surface area (Å²) in [6, 6.07) is 18.7. The average Bonchev–Trinajstić information content (AvgIpc) is 2.83. The number of nitrogens with one attached hydrogen (secondary N) is 1. The van der Waals surface area contributed by atoms with Crippen LogP contribution >= 0.6 is 0 Å². The number of rotatable bonds is 10. The van der Waals surface area contributed by atoms with Gasteiger partial charge in [0.2, 0.25) is 0 Å². The Morgan fingerprint density at radius 1 is 0.906 bits per heavy atom. The maximum Gasteiger partial charge on any atom is 0.271 e. The van der Waals surface area contributed by atoms with Crippen molar-refractivity contribution in [2.24, 2.45) is 0 Å². The highest BCUT2D eigenvalue weighted by atomic mass is 16.6. The van der Waals surface area contributed by atoms with E-state index >= 15 is 0 Å². The highest BCUT2D eigenvalue weighted by Gasteiger charge is 2.20. The quantitative estimate of drug-likeness (QED) is 0.343. The van der Waals surface area contributed by atoms with Crippen LogP contribution in [0.1, 0.15) is 29.7 Å². The minimum absolute atomic E-state index is 0.0103. The minimum atomic E-state index is -0.826. The lowest BCUT2D eigenvalue weighted by molar-refractivity contribution is -0.384. The van der Waals surface area contributed by atoms with Gasteiger partial charge in [-0.1, -0.05) is 24.3 Å². The van der Waals surface area contributed by atoms with E-state index in [4.69, 9.17) is 14.2 Å². The van der Waals surface area contributed by atoms with Gasteiger partial charge in [0.25, 0.3) is 5.69 Å².